The molecule has 5 N–H and O–H groups in total. The van der Waals surface area contributed by atoms with Gasteiger partial charge in [-0.15, -0.1) is 12.4 Å². The lowest BCUT2D eigenvalue weighted by Gasteiger charge is -2.12. The lowest BCUT2D eigenvalue weighted by Crippen LogP contribution is -2.15. The Bertz CT molecular complexity index is 307. The number of rotatable bonds is 4. The number of phenols is 1. The summed E-state index contributed by atoms with van der Waals surface area (Å²) in [6.45, 7) is 0.536. The van der Waals surface area contributed by atoms with Crippen molar-refractivity contribution in [2.75, 3.05) is 13.7 Å². The van der Waals surface area contributed by atoms with Crippen LogP contribution in [0.4, 0.5) is 0 Å². The largest absolute Gasteiger partial charge is 0.504 e. The number of methoxy groups -OCH3 is 1. The summed E-state index contributed by atoms with van der Waals surface area (Å²) in [5.41, 5.74) is 12.1. The van der Waals surface area contributed by atoms with E-state index in [1.54, 1.807) is 12.1 Å². The summed E-state index contributed by atoms with van der Waals surface area (Å²) in [5.74, 6) is 0.561. The molecular formula is C10H17ClN2O2. The average Bonchev–Trinajstić information content (AvgIpc) is 2.18. The molecule has 1 aromatic carbocycles. The minimum Gasteiger partial charge on any atom is -0.504 e. The third-order valence-corrected chi connectivity index (χ3v) is 2.11. The molecule has 0 heterocycles. The first-order valence-electron chi connectivity index (χ1n) is 4.51. The van der Waals surface area contributed by atoms with Crippen molar-refractivity contribution in [2.45, 2.75) is 12.5 Å². The van der Waals surface area contributed by atoms with Crippen LogP contribution in [-0.4, -0.2) is 18.8 Å². The minimum atomic E-state index is -0.128. The highest BCUT2D eigenvalue weighted by Gasteiger charge is 2.08. The molecule has 1 aromatic rings. The van der Waals surface area contributed by atoms with Gasteiger partial charge in [-0.3, -0.25) is 0 Å². The van der Waals surface area contributed by atoms with E-state index in [-0.39, 0.29) is 24.2 Å². The average molecular weight is 233 g/mol. The van der Waals surface area contributed by atoms with Crippen molar-refractivity contribution < 1.29 is 9.84 Å². The zero-order chi connectivity index (χ0) is 10.6. The van der Waals surface area contributed by atoms with E-state index in [0.29, 0.717) is 18.7 Å². The molecule has 15 heavy (non-hydrogen) atoms. The molecule has 0 aliphatic heterocycles. The quantitative estimate of drug-likeness (QED) is 0.728. The molecule has 86 valence electrons. The van der Waals surface area contributed by atoms with E-state index in [1.165, 1.54) is 7.11 Å². The first-order chi connectivity index (χ1) is 6.69. The Hall–Kier alpha value is -0.970. The lowest BCUT2D eigenvalue weighted by atomic mass is 10.0. The predicted octanol–water partition coefficient (Wildman–Crippen LogP) is 1.17. The van der Waals surface area contributed by atoms with Gasteiger partial charge < -0.3 is 21.3 Å². The topological polar surface area (TPSA) is 81.5 Å². The van der Waals surface area contributed by atoms with Crippen LogP contribution in [0, 0.1) is 0 Å². The normalized spacial score (nSPS) is 11.7. The van der Waals surface area contributed by atoms with Crippen molar-refractivity contribution in [2.24, 2.45) is 11.5 Å². The van der Waals surface area contributed by atoms with Crippen molar-refractivity contribution in [3.8, 4) is 11.5 Å². The molecule has 1 rings (SSSR count). The fourth-order valence-corrected chi connectivity index (χ4v) is 1.28. The monoisotopic (exact) mass is 232 g/mol. The highest BCUT2D eigenvalue weighted by Crippen LogP contribution is 2.28. The summed E-state index contributed by atoms with van der Waals surface area (Å²) in [6, 6.07) is 5.01. The molecule has 0 unspecified atom stereocenters. The number of phenolic OH excluding ortho intramolecular Hbond substituents is 1. The van der Waals surface area contributed by atoms with Gasteiger partial charge in [-0.25, -0.2) is 0 Å². The number of hydrogen-bond acceptors (Lipinski definition) is 4. The van der Waals surface area contributed by atoms with E-state index in [0.717, 1.165) is 5.56 Å². The first-order valence-corrected chi connectivity index (χ1v) is 4.51. The van der Waals surface area contributed by atoms with Crippen LogP contribution in [0.1, 0.15) is 18.0 Å². The van der Waals surface area contributed by atoms with Crippen LogP contribution in [0.5, 0.6) is 11.5 Å². The summed E-state index contributed by atoms with van der Waals surface area (Å²) < 4.78 is 4.92. The summed E-state index contributed by atoms with van der Waals surface area (Å²) >= 11 is 0. The highest BCUT2D eigenvalue weighted by molar-refractivity contribution is 5.85. The maximum Gasteiger partial charge on any atom is 0.160 e. The fourth-order valence-electron chi connectivity index (χ4n) is 1.28. The molecule has 5 heteroatoms. The number of ether oxygens (including phenoxy) is 1. The highest BCUT2D eigenvalue weighted by atomic mass is 35.5. The Morgan fingerprint density at radius 1 is 1.47 bits per heavy atom. The number of benzene rings is 1. The Labute approximate surface area is 95.6 Å². The molecule has 0 aliphatic carbocycles. The van der Waals surface area contributed by atoms with E-state index in [9.17, 15) is 5.11 Å². The maximum absolute atomic E-state index is 9.50. The zero-order valence-electron chi connectivity index (χ0n) is 8.64. The fraction of sp³-hybridized carbons (Fsp3) is 0.400. The molecule has 0 amide bonds. The van der Waals surface area contributed by atoms with Crippen molar-refractivity contribution in [1.82, 2.24) is 0 Å². The molecule has 0 aromatic heterocycles. The van der Waals surface area contributed by atoms with Gasteiger partial charge in [-0.2, -0.15) is 0 Å². The Kier molecular flexibility index (Phi) is 6.08. The predicted molar refractivity (Wildman–Crippen MR) is 62.5 cm³/mol. The molecule has 0 saturated heterocycles. The number of halogens is 1. The third-order valence-electron chi connectivity index (χ3n) is 2.11. The van der Waals surface area contributed by atoms with Crippen molar-refractivity contribution in [1.29, 1.82) is 0 Å². The van der Waals surface area contributed by atoms with Gasteiger partial charge in [-0.05, 0) is 30.7 Å². The number of aromatic hydroxyl groups is 1. The molecule has 0 spiro atoms. The van der Waals surface area contributed by atoms with Crippen molar-refractivity contribution >= 4 is 12.4 Å². The van der Waals surface area contributed by atoms with Gasteiger partial charge in [0.15, 0.2) is 11.5 Å². The molecule has 0 radical (unpaired) electrons. The third kappa shape index (κ3) is 3.58. The van der Waals surface area contributed by atoms with Crippen LogP contribution in [0.3, 0.4) is 0 Å². The molecule has 1 atom stereocenters. The van der Waals surface area contributed by atoms with E-state index in [1.807, 2.05) is 6.07 Å². The summed E-state index contributed by atoms with van der Waals surface area (Å²) in [7, 11) is 1.51. The molecule has 0 aliphatic rings. The molecular weight excluding hydrogens is 216 g/mol. The second-order valence-corrected chi connectivity index (χ2v) is 3.12. The van der Waals surface area contributed by atoms with Crippen LogP contribution in [-0.2, 0) is 0 Å². The standard InChI is InChI=1S/C10H16N2O2.ClH/c1-14-10-3-2-7(6-9(10)13)8(12)4-5-11;/h2-3,6,8,13H,4-5,11-12H2,1H3;1H/t8-;/m1./s1. The van der Waals surface area contributed by atoms with Gasteiger partial charge >= 0.3 is 0 Å². The molecule has 0 fully saturated rings. The van der Waals surface area contributed by atoms with Crippen molar-refractivity contribution in [3.63, 3.8) is 0 Å². The molecule has 0 bridgehead atoms. The SMILES string of the molecule is COc1ccc([C@H](N)CCN)cc1O.Cl. The van der Waals surface area contributed by atoms with Crippen LogP contribution in [0.15, 0.2) is 18.2 Å². The maximum atomic E-state index is 9.50. The van der Waals surface area contributed by atoms with Gasteiger partial charge in [0.1, 0.15) is 0 Å². The zero-order valence-corrected chi connectivity index (χ0v) is 9.46. The van der Waals surface area contributed by atoms with E-state index in [4.69, 9.17) is 16.2 Å². The summed E-state index contributed by atoms with van der Waals surface area (Å²) in [4.78, 5) is 0. The van der Waals surface area contributed by atoms with Gasteiger partial charge in [0.2, 0.25) is 0 Å². The van der Waals surface area contributed by atoms with Crippen LogP contribution in [0.25, 0.3) is 0 Å². The Morgan fingerprint density at radius 2 is 2.13 bits per heavy atom. The second-order valence-electron chi connectivity index (χ2n) is 3.12. The molecule has 0 saturated carbocycles. The summed E-state index contributed by atoms with van der Waals surface area (Å²) in [5, 5.41) is 9.50. The minimum absolute atomic E-state index is 0. The lowest BCUT2D eigenvalue weighted by molar-refractivity contribution is 0.372. The van der Waals surface area contributed by atoms with Gasteiger partial charge in [0.05, 0.1) is 7.11 Å². The van der Waals surface area contributed by atoms with Crippen LogP contribution < -0.4 is 16.2 Å². The number of hydrogen-bond donors (Lipinski definition) is 3. The Balaban J connectivity index is 0.00000196. The van der Waals surface area contributed by atoms with Gasteiger partial charge in [-0.1, -0.05) is 6.07 Å². The van der Waals surface area contributed by atoms with Gasteiger partial charge in [0, 0.05) is 6.04 Å². The van der Waals surface area contributed by atoms with Crippen LogP contribution in [0.2, 0.25) is 0 Å². The number of nitrogens with two attached hydrogens (primary N) is 2. The first kappa shape index (κ1) is 14.0. The smallest absolute Gasteiger partial charge is 0.160 e. The Morgan fingerprint density at radius 3 is 2.60 bits per heavy atom. The second kappa shape index (κ2) is 6.50. The van der Waals surface area contributed by atoms with E-state index >= 15 is 0 Å². The van der Waals surface area contributed by atoms with E-state index < -0.39 is 0 Å². The molecule has 4 nitrogen and oxygen atoms in total. The van der Waals surface area contributed by atoms with Crippen molar-refractivity contribution in [3.05, 3.63) is 23.8 Å². The van der Waals surface area contributed by atoms with Gasteiger partial charge in [0.25, 0.3) is 0 Å². The summed E-state index contributed by atoms with van der Waals surface area (Å²) in [6.07, 6.45) is 0.700. The van der Waals surface area contributed by atoms with E-state index in [2.05, 4.69) is 0 Å². The van der Waals surface area contributed by atoms with Crippen LogP contribution >= 0.6 is 12.4 Å².